The second-order valence-corrected chi connectivity index (χ2v) is 3.16. The highest BCUT2D eigenvalue weighted by Gasteiger charge is 2.27. The van der Waals surface area contributed by atoms with E-state index in [1.165, 1.54) is 0 Å². The minimum absolute atomic E-state index is 0.0295. The van der Waals surface area contributed by atoms with Gasteiger partial charge in [0.25, 0.3) is 5.91 Å². The Kier molecular flexibility index (Phi) is 1.43. The van der Waals surface area contributed by atoms with Gasteiger partial charge in [0.15, 0.2) is 0 Å². The molecule has 1 N–H and O–H groups in total. The number of nitrogens with zero attached hydrogens (tertiary/aromatic N) is 2. The average molecular weight is 165 g/mol. The molecule has 1 aliphatic rings. The first-order valence-corrected chi connectivity index (χ1v) is 4.04. The molecular weight excluding hydrogens is 154 g/mol. The maximum Gasteiger partial charge on any atom is 0.269 e. The van der Waals surface area contributed by atoms with Crippen LogP contribution in [0.2, 0.25) is 0 Å². The van der Waals surface area contributed by atoms with Gasteiger partial charge in [0.1, 0.15) is 5.69 Å². The van der Waals surface area contributed by atoms with Crippen molar-refractivity contribution in [3.8, 4) is 0 Å². The Labute approximate surface area is 70.6 Å². The van der Waals surface area contributed by atoms with Crippen molar-refractivity contribution < 1.29 is 4.79 Å². The summed E-state index contributed by atoms with van der Waals surface area (Å²) >= 11 is 0. The molecular formula is C8H11N3O. The molecule has 2 rings (SSSR count). The molecule has 1 aromatic heterocycles. The number of carbonyl (C=O) groups is 1. The van der Waals surface area contributed by atoms with Gasteiger partial charge in [0, 0.05) is 12.2 Å². The summed E-state index contributed by atoms with van der Waals surface area (Å²) in [5, 5.41) is 6.97. The summed E-state index contributed by atoms with van der Waals surface area (Å²) in [7, 11) is 0. The number of hydrogen-bond acceptors (Lipinski definition) is 2. The van der Waals surface area contributed by atoms with E-state index >= 15 is 0 Å². The molecule has 2 atom stereocenters. The van der Waals surface area contributed by atoms with E-state index in [4.69, 9.17) is 0 Å². The van der Waals surface area contributed by atoms with E-state index in [9.17, 15) is 4.79 Å². The SMILES string of the molecule is C[C@@H]1NC(=O)c2ccnn2[C@@H]1C. The molecule has 0 spiro atoms. The van der Waals surface area contributed by atoms with Crippen molar-refractivity contribution in [2.24, 2.45) is 0 Å². The number of rotatable bonds is 0. The van der Waals surface area contributed by atoms with Gasteiger partial charge in [-0.05, 0) is 19.9 Å². The monoisotopic (exact) mass is 165 g/mol. The summed E-state index contributed by atoms with van der Waals surface area (Å²) in [5.41, 5.74) is 0.653. The van der Waals surface area contributed by atoms with Crippen LogP contribution >= 0.6 is 0 Å². The number of fused-ring (bicyclic) bond motifs is 1. The van der Waals surface area contributed by atoms with Crippen LogP contribution in [0.3, 0.4) is 0 Å². The molecule has 0 aliphatic carbocycles. The highest BCUT2D eigenvalue weighted by Crippen LogP contribution is 2.17. The molecule has 0 fully saturated rings. The van der Waals surface area contributed by atoms with E-state index in [1.807, 2.05) is 13.8 Å². The molecule has 0 bridgehead atoms. The van der Waals surface area contributed by atoms with E-state index in [-0.39, 0.29) is 18.0 Å². The maximum atomic E-state index is 11.3. The van der Waals surface area contributed by atoms with Crippen LogP contribution in [-0.2, 0) is 0 Å². The van der Waals surface area contributed by atoms with Gasteiger partial charge in [-0.2, -0.15) is 5.10 Å². The van der Waals surface area contributed by atoms with Gasteiger partial charge < -0.3 is 5.32 Å². The Hall–Kier alpha value is -1.32. The summed E-state index contributed by atoms with van der Waals surface area (Å²) in [6.07, 6.45) is 1.66. The zero-order valence-electron chi connectivity index (χ0n) is 7.11. The highest BCUT2D eigenvalue weighted by atomic mass is 16.2. The molecule has 2 heterocycles. The van der Waals surface area contributed by atoms with Crippen LogP contribution in [0.1, 0.15) is 30.4 Å². The molecule has 4 heteroatoms. The van der Waals surface area contributed by atoms with Gasteiger partial charge in [-0.15, -0.1) is 0 Å². The first kappa shape index (κ1) is 7.34. The molecule has 0 aromatic carbocycles. The van der Waals surface area contributed by atoms with Crippen molar-refractivity contribution in [2.45, 2.75) is 25.9 Å². The average Bonchev–Trinajstić information content (AvgIpc) is 2.48. The van der Waals surface area contributed by atoms with Crippen molar-refractivity contribution in [1.29, 1.82) is 0 Å². The normalized spacial score (nSPS) is 28.0. The number of hydrogen-bond donors (Lipinski definition) is 1. The van der Waals surface area contributed by atoms with Gasteiger partial charge in [-0.25, -0.2) is 0 Å². The van der Waals surface area contributed by atoms with Crippen molar-refractivity contribution in [2.75, 3.05) is 0 Å². The number of carbonyl (C=O) groups excluding carboxylic acids is 1. The van der Waals surface area contributed by atoms with E-state index in [1.54, 1.807) is 16.9 Å². The zero-order chi connectivity index (χ0) is 8.72. The van der Waals surface area contributed by atoms with Crippen LogP contribution in [0.4, 0.5) is 0 Å². The molecule has 1 amide bonds. The molecule has 1 aromatic rings. The fraction of sp³-hybridized carbons (Fsp3) is 0.500. The summed E-state index contributed by atoms with van der Waals surface area (Å²) in [4.78, 5) is 11.3. The quantitative estimate of drug-likeness (QED) is 0.611. The lowest BCUT2D eigenvalue weighted by molar-refractivity contribution is 0.0882. The third-order valence-electron chi connectivity index (χ3n) is 2.37. The Morgan fingerprint density at radius 1 is 1.58 bits per heavy atom. The number of aromatic nitrogens is 2. The summed E-state index contributed by atoms with van der Waals surface area (Å²) in [6, 6.07) is 2.13. The first-order chi connectivity index (χ1) is 5.70. The van der Waals surface area contributed by atoms with Gasteiger partial charge in [-0.3, -0.25) is 9.48 Å². The fourth-order valence-corrected chi connectivity index (χ4v) is 1.43. The predicted molar refractivity (Wildman–Crippen MR) is 43.9 cm³/mol. The molecule has 1 aliphatic heterocycles. The van der Waals surface area contributed by atoms with Crippen LogP contribution in [0.25, 0.3) is 0 Å². The molecule has 0 saturated carbocycles. The van der Waals surface area contributed by atoms with Crippen LogP contribution < -0.4 is 5.32 Å². The van der Waals surface area contributed by atoms with Crippen molar-refractivity contribution >= 4 is 5.91 Å². The first-order valence-electron chi connectivity index (χ1n) is 4.04. The molecule has 0 saturated heterocycles. The lowest BCUT2D eigenvalue weighted by Crippen LogP contribution is -2.45. The van der Waals surface area contributed by atoms with Gasteiger partial charge in [0.2, 0.25) is 0 Å². The Morgan fingerprint density at radius 2 is 2.33 bits per heavy atom. The zero-order valence-corrected chi connectivity index (χ0v) is 7.11. The van der Waals surface area contributed by atoms with Crippen molar-refractivity contribution in [3.63, 3.8) is 0 Å². The van der Waals surface area contributed by atoms with E-state index < -0.39 is 0 Å². The minimum atomic E-state index is -0.0295. The Balaban J connectivity index is 2.49. The topological polar surface area (TPSA) is 46.9 Å². The third-order valence-corrected chi connectivity index (χ3v) is 2.37. The second kappa shape index (κ2) is 2.33. The largest absolute Gasteiger partial charge is 0.346 e. The lowest BCUT2D eigenvalue weighted by Gasteiger charge is -2.27. The highest BCUT2D eigenvalue weighted by molar-refractivity contribution is 5.93. The number of nitrogens with one attached hydrogen (secondary N) is 1. The van der Waals surface area contributed by atoms with Crippen LogP contribution in [0.5, 0.6) is 0 Å². The molecule has 64 valence electrons. The number of amides is 1. The summed E-state index contributed by atoms with van der Waals surface area (Å²) in [5.74, 6) is -0.0295. The smallest absolute Gasteiger partial charge is 0.269 e. The summed E-state index contributed by atoms with van der Waals surface area (Å²) in [6.45, 7) is 4.02. The van der Waals surface area contributed by atoms with E-state index in [0.717, 1.165) is 0 Å². The molecule has 0 radical (unpaired) electrons. The standard InChI is InChI=1S/C8H11N3O/c1-5-6(2)11-7(3-4-9-11)8(12)10-5/h3-6H,1-2H3,(H,10,12)/t5-,6+/m0/s1. The minimum Gasteiger partial charge on any atom is -0.346 e. The predicted octanol–water partition coefficient (Wildman–Crippen LogP) is 0.576. The molecule has 12 heavy (non-hydrogen) atoms. The molecule has 0 unspecified atom stereocenters. The third kappa shape index (κ3) is 0.841. The lowest BCUT2D eigenvalue weighted by atomic mass is 10.1. The van der Waals surface area contributed by atoms with Crippen molar-refractivity contribution in [3.05, 3.63) is 18.0 Å². The Morgan fingerprint density at radius 3 is 3.08 bits per heavy atom. The Bertz CT molecular complexity index is 318. The van der Waals surface area contributed by atoms with Crippen LogP contribution in [0.15, 0.2) is 12.3 Å². The molecule has 4 nitrogen and oxygen atoms in total. The van der Waals surface area contributed by atoms with Gasteiger partial charge in [0.05, 0.1) is 6.04 Å². The summed E-state index contributed by atoms with van der Waals surface area (Å²) < 4.78 is 1.77. The van der Waals surface area contributed by atoms with Crippen LogP contribution in [0, 0.1) is 0 Å². The van der Waals surface area contributed by atoms with Crippen LogP contribution in [-0.4, -0.2) is 21.7 Å². The van der Waals surface area contributed by atoms with Crippen molar-refractivity contribution in [1.82, 2.24) is 15.1 Å². The van der Waals surface area contributed by atoms with E-state index in [2.05, 4.69) is 10.4 Å². The van der Waals surface area contributed by atoms with E-state index in [0.29, 0.717) is 5.69 Å². The maximum absolute atomic E-state index is 11.3. The fourth-order valence-electron chi connectivity index (χ4n) is 1.43. The van der Waals surface area contributed by atoms with Gasteiger partial charge >= 0.3 is 0 Å². The van der Waals surface area contributed by atoms with Gasteiger partial charge in [-0.1, -0.05) is 0 Å². The second-order valence-electron chi connectivity index (χ2n) is 3.16.